The maximum atomic E-state index is 13.4. The third-order valence-electron chi connectivity index (χ3n) is 2.31. The molecule has 5 heteroatoms. The normalized spacial score (nSPS) is 10.7. The number of nitrogens with zero attached hydrogens (tertiary/aromatic N) is 1. The molecule has 0 aliphatic heterocycles. The molecule has 0 aliphatic rings. The van der Waals surface area contributed by atoms with Crippen molar-refractivity contribution in [3.05, 3.63) is 51.9 Å². The van der Waals surface area contributed by atoms with Gasteiger partial charge in [0.1, 0.15) is 11.5 Å². The fourth-order valence-electron chi connectivity index (χ4n) is 1.47. The van der Waals surface area contributed by atoms with Crippen LogP contribution in [0, 0.1) is 11.6 Å². The van der Waals surface area contributed by atoms with Gasteiger partial charge in [-0.1, -0.05) is 6.92 Å². The van der Waals surface area contributed by atoms with Crippen LogP contribution in [-0.2, 0) is 6.42 Å². The minimum absolute atomic E-state index is 0.0195. The molecule has 0 aliphatic carbocycles. The number of aryl methyl sites for hydroxylation is 1. The fraction of sp³-hybridized carbons (Fsp3) is 0.182. The lowest BCUT2D eigenvalue weighted by atomic mass is 10.3. The number of aromatic nitrogens is 2. The molecular weight excluding hydrogens is 214 g/mol. The number of hydrogen-bond donors (Lipinski definition) is 1. The average Bonchev–Trinajstić information content (AvgIpc) is 2.60. The van der Waals surface area contributed by atoms with Gasteiger partial charge in [0.15, 0.2) is 5.82 Å². The summed E-state index contributed by atoms with van der Waals surface area (Å²) in [6.45, 7) is 1.87. The zero-order valence-corrected chi connectivity index (χ0v) is 8.63. The summed E-state index contributed by atoms with van der Waals surface area (Å²) in [6, 6.07) is 4.47. The van der Waals surface area contributed by atoms with Gasteiger partial charge in [-0.15, -0.1) is 0 Å². The van der Waals surface area contributed by atoms with Crippen molar-refractivity contribution in [2.75, 3.05) is 0 Å². The molecule has 0 radical (unpaired) electrons. The number of benzene rings is 1. The van der Waals surface area contributed by atoms with Gasteiger partial charge in [0.2, 0.25) is 0 Å². The molecule has 2 rings (SSSR count). The van der Waals surface area contributed by atoms with E-state index in [1.54, 1.807) is 0 Å². The Morgan fingerprint density at radius 3 is 2.62 bits per heavy atom. The van der Waals surface area contributed by atoms with E-state index in [-0.39, 0.29) is 11.2 Å². The minimum atomic E-state index is -0.772. The summed E-state index contributed by atoms with van der Waals surface area (Å²) in [6.07, 6.45) is 0.644. The Balaban J connectivity index is 2.58. The number of aromatic amines is 1. The van der Waals surface area contributed by atoms with Gasteiger partial charge >= 0.3 is 0 Å². The van der Waals surface area contributed by atoms with Crippen molar-refractivity contribution in [1.82, 2.24) is 9.78 Å². The van der Waals surface area contributed by atoms with Crippen LogP contribution in [-0.4, -0.2) is 9.78 Å². The molecule has 0 saturated heterocycles. The zero-order chi connectivity index (χ0) is 11.7. The summed E-state index contributed by atoms with van der Waals surface area (Å²) in [5.74, 6) is -1.44. The molecular formula is C11H10F2N2O. The summed E-state index contributed by atoms with van der Waals surface area (Å²) in [4.78, 5) is 11.5. The highest BCUT2D eigenvalue weighted by Crippen LogP contribution is 2.12. The number of rotatable bonds is 2. The Kier molecular flexibility index (Phi) is 2.60. The van der Waals surface area contributed by atoms with Gasteiger partial charge in [-0.2, -0.15) is 0 Å². The van der Waals surface area contributed by atoms with Crippen molar-refractivity contribution in [3.8, 4) is 5.69 Å². The molecule has 0 atom stereocenters. The molecule has 16 heavy (non-hydrogen) atoms. The molecule has 0 unspecified atom stereocenters. The highest BCUT2D eigenvalue weighted by atomic mass is 19.1. The SMILES string of the molecule is CCc1cc(=O)n(-c2ccc(F)cc2F)[nH]1. The lowest BCUT2D eigenvalue weighted by molar-refractivity contribution is 0.572. The second kappa shape index (κ2) is 3.92. The molecule has 0 saturated carbocycles. The van der Waals surface area contributed by atoms with Gasteiger partial charge in [0, 0.05) is 17.8 Å². The van der Waals surface area contributed by atoms with Gasteiger partial charge in [0.05, 0.1) is 0 Å². The van der Waals surface area contributed by atoms with Crippen molar-refractivity contribution in [2.45, 2.75) is 13.3 Å². The molecule has 84 valence electrons. The lowest BCUT2D eigenvalue weighted by Crippen LogP contribution is -2.15. The molecule has 0 amide bonds. The van der Waals surface area contributed by atoms with Gasteiger partial charge in [-0.3, -0.25) is 9.89 Å². The second-order valence-corrected chi connectivity index (χ2v) is 3.40. The molecule has 2 aromatic rings. The summed E-state index contributed by atoms with van der Waals surface area (Å²) >= 11 is 0. The van der Waals surface area contributed by atoms with E-state index < -0.39 is 11.6 Å². The summed E-state index contributed by atoms with van der Waals surface area (Å²) in [5.41, 5.74) is 0.363. The summed E-state index contributed by atoms with van der Waals surface area (Å²) in [7, 11) is 0. The quantitative estimate of drug-likeness (QED) is 0.832. The predicted octanol–water partition coefficient (Wildman–Crippen LogP) is 2.01. The van der Waals surface area contributed by atoms with E-state index in [9.17, 15) is 13.6 Å². The van der Waals surface area contributed by atoms with Gasteiger partial charge in [-0.25, -0.2) is 13.5 Å². The molecule has 3 nitrogen and oxygen atoms in total. The Morgan fingerprint density at radius 1 is 1.31 bits per heavy atom. The topological polar surface area (TPSA) is 37.8 Å². The maximum Gasteiger partial charge on any atom is 0.271 e. The van der Waals surface area contributed by atoms with E-state index in [2.05, 4.69) is 5.10 Å². The van der Waals surface area contributed by atoms with Gasteiger partial charge in [0.25, 0.3) is 5.56 Å². The summed E-state index contributed by atoms with van der Waals surface area (Å²) in [5, 5.41) is 2.75. The third kappa shape index (κ3) is 1.76. The average molecular weight is 224 g/mol. The maximum absolute atomic E-state index is 13.4. The lowest BCUT2D eigenvalue weighted by Gasteiger charge is -2.03. The second-order valence-electron chi connectivity index (χ2n) is 3.40. The number of nitrogens with one attached hydrogen (secondary N) is 1. The monoisotopic (exact) mass is 224 g/mol. The third-order valence-corrected chi connectivity index (χ3v) is 2.31. The van der Waals surface area contributed by atoms with Crippen LogP contribution in [0.2, 0.25) is 0 Å². The van der Waals surface area contributed by atoms with Crippen LogP contribution >= 0.6 is 0 Å². The Bertz CT molecular complexity index is 572. The Morgan fingerprint density at radius 2 is 2.06 bits per heavy atom. The standard InChI is InChI=1S/C11H10F2N2O/c1-2-8-6-11(16)15(14-8)10-4-3-7(12)5-9(10)13/h3-6,14H,2H2,1H3. The van der Waals surface area contributed by atoms with Gasteiger partial charge < -0.3 is 0 Å². The highest BCUT2D eigenvalue weighted by Gasteiger charge is 2.09. The van der Waals surface area contributed by atoms with Crippen LogP contribution in [0.25, 0.3) is 5.69 Å². The first-order valence-electron chi connectivity index (χ1n) is 4.88. The van der Waals surface area contributed by atoms with Crippen molar-refractivity contribution in [2.24, 2.45) is 0 Å². The molecule has 0 bridgehead atoms. The zero-order valence-electron chi connectivity index (χ0n) is 8.63. The van der Waals surface area contributed by atoms with Crippen LogP contribution in [0.15, 0.2) is 29.1 Å². The largest absolute Gasteiger partial charge is 0.295 e. The molecule has 1 heterocycles. The van der Waals surface area contributed by atoms with Crippen molar-refractivity contribution < 1.29 is 8.78 Å². The van der Waals surface area contributed by atoms with E-state index in [0.29, 0.717) is 12.1 Å². The number of halogens is 2. The van der Waals surface area contributed by atoms with E-state index in [4.69, 9.17) is 0 Å². The molecule has 1 N–H and O–H groups in total. The Hall–Kier alpha value is -1.91. The van der Waals surface area contributed by atoms with Crippen LogP contribution in [0.1, 0.15) is 12.6 Å². The van der Waals surface area contributed by atoms with E-state index >= 15 is 0 Å². The van der Waals surface area contributed by atoms with Crippen molar-refractivity contribution in [1.29, 1.82) is 0 Å². The Labute approximate surface area is 90.3 Å². The minimum Gasteiger partial charge on any atom is -0.295 e. The van der Waals surface area contributed by atoms with Gasteiger partial charge in [-0.05, 0) is 18.6 Å². The molecule has 1 aromatic heterocycles. The van der Waals surface area contributed by atoms with Crippen LogP contribution < -0.4 is 5.56 Å². The smallest absolute Gasteiger partial charge is 0.271 e. The van der Waals surface area contributed by atoms with E-state index in [0.717, 1.165) is 16.8 Å². The van der Waals surface area contributed by atoms with Crippen LogP contribution in [0.3, 0.4) is 0 Å². The number of H-pyrrole nitrogens is 1. The first kappa shape index (κ1) is 10.6. The number of hydrogen-bond acceptors (Lipinski definition) is 1. The van der Waals surface area contributed by atoms with Crippen LogP contribution in [0.4, 0.5) is 8.78 Å². The molecule has 1 aromatic carbocycles. The highest BCUT2D eigenvalue weighted by molar-refractivity contribution is 5.33. The van der Waals surface area contributed by atoms with E-state index in [1.807, 2.05) is 6.92 Å². The first-order chi connectivity index (χ1) is 7.61. The van der Waals surface area contributed by atoms with Crippen LogP contribution in [0.5, 0.6) is 0 Å². The van der Waals surface area contributed by atoms with Crippen molar-refractivity contribution >= 4 is 0 Å². The molecule has 0 fully saturated rings. The first-order valence-corrected chi connectivity index (χ1v) is 4.88. The molecule has 0 spiro atoms. The van der Waals surface area contributed by atoms with E-state index in [1.165, 1.54) is 12.1 Å². The summed E-state index contributed by atoms with van der Waals surface area (Å²) < 4.78 is 27.2. The fourth-order valence-corrected chi connectivity index (χ4v) is 1.47. The van der Waals surface area contributed by atoms with Crippen molar-refractivity contribution in [3.63, 3.8) is 0 Å². The predicted molar refractivity (Wildman–Crippen MR) is 55.7 cm³/mol.